The summed E-state index contributed by atoms with van der Waals surface area (Å²) < 4.78 is 0. The molecule has 2 aliphatic heterocycles. The number of carboxylic acids is 1. The van der Waals surface area contributed by atoms with Gasteiger partial charge in [-0.1, -0.05) is 12.7 Å². The quantitative estimate of drug-likeness (QED) is 0.536. The number of hydrogen-bond acceptors (Lipinski definition) is 4. The van der Waals surface area contributed by atoms with Crippen molar-refractivity contribution < 1.29 is 20.4 Å². The van der Waals surface area contributed by atoms with E-state index in [0.29, 0.717) is 11.3 Å². The molecule has 0 spiro atoms. The highest BCUT2D eigenvalue weighted by Crippen LogP contribution is 2.38. The first-order valence-electron chi connectivity index (χ1n) is 4.42. The van der Waals surface area contributed by atoms with E-state index in [9.17, 15) is 14.7 Å². The number of thioether (sulfide) groups is 1. The summed E-state index contributed by atoms with van der Waals surface area (Å²) in [7, 11) is 0. The molecule has 80 valence electrons. The van der Waals surface area contributed by atoms with Crippen LogP contribution in [0.4, 0.5) is 0 Å². The van der Waals surface area contributed by atoms with Crippen LogP contribution in [0.15, 0.2) is 23.9 Å². The van der Waals surface area contributed by atoms with Crippen molar-refractivity contribution in [1.82, 2.24) is 4.90 Å². The van der Waals surface area contributed by atoms with Crippen molar-refractivity contribution in [3.63, 3.8) is 0 Å². The van der Waals surface area contributed by atoms with Gasteiger partial charge in [-0.2, -0.15) is 0 Å². The summed E-state index contributed by atoms with van der Waals surface area (Å²) in [6.45, 7) is 3.53. The van der Waals surface area contributed by atoms with Crippen LogP contribution < -0.4 is 10.8 Å². The molecule has 1 saturated heterocycles. The third kappa shape index (κ3) is 1.29. The number of rotatable bonds is 2. The lowest BCUT2D eigenvalue weighted by Crippen LogP contribution is -2.83. The lowest BCUT2D eigenvalue weighted by molar-refractivity contribution is -0.424. The van der Waals surface area contributed by atoms with E-state index in [0.717, 1.165) is 0 Å². The maximum Gasteiger partial charge on any atom is 0.289 e. The monoisotopic (exact) mass is 226 g/mol. The molecule has 0 bridgehead atoms. The number of carboxylic acid groups (broad SMARTS) is 1. The Hall–Kier alpha value is -1.27. The number of quaternary nitrogens is 1. The van der Waals surface area contributed by atoms with Gasteiger partial charge in [-0.05, 0) is 5.57 Å². The lowest BCUT2D eigenvalue weighted by Gasteiger charge is -2.46. The molecule has 2 atom stereocenters. The molecule has 0 unspecified atom stereocenters. The minimum atomic E-state index is -1.32. The summed E-state index contributed by atoms with van der Waals surface area (Å²) in [5.41, 5.74) is 4.18. The van der Waals surface area contributed by atoms with Gasteiger partial charge >= 0.3 is 0 Å². The average molecular weight is 226 g/mol. The Labute approximate surface area is 90.6 Å². The fraction of sp³-hybridized carbons (Fsp3) is 0.333. The Morgan fingerprint density at radius 2 is 2.40 bits per heavy atom. The van der Waals surface area contributed by atoms with E-state index in [4.69, 9.17) is 0 Å². The summed E-state index contributed by atoms with van der Waals surface area (Å²) in [6, 6.07) is -0.351. The Kier molecular flexibility index (Phi) is 2.32. The summed E-state index contributed by atoms with van der Waals surface area (Å²) in [5.74, 6) is -1.05. The minimum absolute atomic E-state index is 0.0429. The van der Waals surface area contributed by atoms with Crippen LogP contribution >= 0.6 is 11.8 Å². The van der Waals surface area contributed by atoms with E-state index in [-0.39, 0.29) is 23.0 Å². The van der Waals surface area contributed by atoms with Crippen LogP contribution in [-0.2, 0) is 9.59 Å². The number of fused-ring (bicyclic) bond motifs is 1. The molecule has 5 nitrogen and oxygen atoms in total. The highest BCUT2D eigenvalue weighted by molar-refractivity contribution is 8.00. The van der Waals surface area contributed by atoms with Crippen LogP contribution in [0.2, 0.25) is 0 Å². The highest BCUT2D eigenvalue weighted by Gasteiger charge is 2.52. The first kappa shape index (κ1) is 10.3. The van der Waals surface area contributed by atoms with Gasteiger partial charge in [0.1, 0.15) is 5.37 Å². The highest BCUT2D eigenvalue weighted by atomic mass is 32.2. The minimum Gasteiger partial charge on any atom is -0.543 e. The van der Waals surface area contributed by atoms with Gasteiger partial charge in [-0.15, -0.1) is 11.8 Å². The third-order valence-electron chi connectivity index (χ3n) is 2.55. The van der Waals surface area contributed by atoms with Crippen molar-refractivity contribution in [2.75, 3.05) is 5.75 Å². The maximum absolute atomic E-state index is 11.5. The number of aliphatic carboxylic acids is 1. The standard InChI is InChI=1S/C9H10N2O3S/c1-2-4-3-15-8-5(10)7(12)11(8)6(4)9(13)14/h2,5,8H,1,3,10H2,(H,13,14)/t5-,8-/m1/s1. The number of allylic oxidation sites excluding steroid dienone is 1. The van der Waals surface area contributed by atoms with Crippen LogP contribution in [0.1, 0.15) is 0 Å². The Balaban J connectivity index is 2.42. The Morgan fingerprint density at radius 3 is 2.93 bits per heavy atom. The van der Waals surface area contributed by atoms with Gasteiger partial charge in [0.25, 0.3) is 5.91 Å². The molecule has 1 amide bonds. The molecule has 0 aromatic rings. The van der Waals surface area contributed by atoms with Gasteiger partial charge in [0, 0.05) is 5.75 Å². The molecule has 2 rings (SSSR count). The molecule has 0 aromatic carbocycles. The van der Waals surface area contributed by atoms with Crippen molar-refractivity contribution in [2.45, 2.75) is 11.4 Å². The van der Waals surface area contributed by atoms with E-state index in [1.54, 1.807) is 0 Å². The molecule has 0 saturated carbocycles. The van der Waals surface area contributed by atoms with Gasteiger partial charge in [0.05, 0.1) is 11.7 Å². The van der Waals surface area contributed by atoms with Crippen molar-refractivity contribution in [2.24, 2.45) is 0 Å². The van der Waals surface area contributed by atoms with Crippen molar-refractivity contribution in [3.05, 3.63) is 23.9 Å². The summed E-state index contributed by atoms with van der Waals surface area (Å²) in [5, 5.41) is 10.8. The van der Waals surface area contributed by atoms with Crippen molar-refractivity contribution in [1.29, 1.82) is 0 Å². The number of carbonyl (C=O) groups excluding carboxylic acids is 2. The van der Waals surface area contributed by atoms with Crippen LogP contribution in [-0.4, -0.2) is 33.9 Å². The largest absolute Gasteiger partial charge is 0.543 e. The second-order valence-corrected chi connectivity index (χ2v) is 4.49. The first-order chi connectivity index (χ1) is 7.07. The normalized spacial score (nSPS) is 29.7. The van der Waals surface area contributed by atoms with E-state index in [1.807, 2.05) is 0 Å². The lowest BCUT2D eigenvalue weighted by atomic mass is 10.0. The number of hydrogen-bond donors (Lipinski definition) is 1. The van der Waals surface area contributed by atoms with Gasteiger partial charge < -0.3 is 15.6 Å². The zero-order chi connectivity index (χ0) is 11.2. The number of amides is 1. The smallest absolute Gasteiger partial charge is 0.289 e. The van der Waals surface area contributed by atoms with Crippen LogP contribution in [0, 0.1) is 0 Å². The number of nitrogens with zero attached hydrogens (tertiary/aromatic N) is 1. The van der Waals surface area contributed by atoms with E-state index in [2.05, 4.69) is 12.3 Å². The fourth-order valence-electron chi connectivity index (χ4n) is 1.74. The van der Waals surface area contributed by atoms with Gasteiger partial charge in [0.2, 0.25) is 0 Å². The Morgan fingerprint density at radius 1 is 1.73 bits per heavy atom. The molecule has 0 aromatic heterocycles. The van der Waals surface area contributed by atoms with Crippen LogP contribution in [0.3, 0.4) is 0 Å². The predicted octanol–water partition coefficient (Wildman–Crippen LogP) is -2.30. The summed E-state index contributed by atoms with van der Waals surface area (Å²) in [4.78, 5) is 23.6. The molecular formula is C9H10N2O3S. The maximum atomic E-state index is 11.5. The van der Waals surface area contributed by atoms with Crippen LogP contribution in [0.25, 0.3) is 0 Å². The molecule has 2 aliphatic rings. The molecule has 2 heterocycles. The summed E-state index contributed by atoms with van der Waals surface area (Å²) >= 11 is 1.50. The second-order valence-electron chi connectivity index (χ2n) is 3.38. The van der Waals surface area contributed by atoms with Gasteiger partial charge in [-0.3, -0.25) is 9.69 Å². The van der Waals surface area contributed by atoms with Gasteiger partial charge in [0.15, 0.2) is 6.04 Å². The first-order valence-corrected chi connectivity index (χ1v) is 5.47. The number of carbonyl (C=O) groups is 2. The van der Waals surface area contributed by atoms with Gasteiger partial charge in [-0.25, -0.2) is 0 Å². The summed E-state index contributed by atoms with van der Waals surface area (Å²) in [6.07, 6.45) is 1.46. The third-order valence-corrected chi connectivity index (χ3v) is 3.91. The molecule has 1 fully saturated rings. The van der Waals surface area contributed by atoms with Crippen molar-refractivity contribution >= 4 is 23.6 Å². The molecule has 3 N–H and O–H groups in total. The SMILES string of the molecule is C=CC1=C(C(=O)[O-])N2C(=O)[C@@H]([NH3+])[C@H]2SC1. The van der Waals surface area contributed by atoms with E-state index < -0.39 is 5.97 Å². The molecule has 0 radical (unpaired) electrons. The zero-order valence-corrected chi connectivity index (χ0v) is 8.75. The Bertz CT molecular complexity index is 391. The zero-order valence-electron chi connectivity index (χ0n) is 7.93. The molecule has 6 heteroatoms. The topological polar surface area (TPSA) is 88.1 Å². The van der Waals surface area contributed by atoms with E-state index >= 15 is 0 Å². The fourth-order valence-corrected chi connectivity index (χ4v) is 3.05. The van der Waals surface area contributed by atoms with E-state index in [1.165, 1.54) is 22.7 Å². The molecular weight excluding hydrogens is 216 g/mol. The molecule has 0 aliphatic carbocycles. The predicted molar refractivity (Wildman–Crippen MR) is 52.0 cm³/mol. The molecule has 15 heavy (non-hydrogen) atoms. The number of β-lactam (4-membered cyclic amide) rings is 1. The second kappa shape index (κ2) is 3.39. The van der Waals surface area contributed by atoms with Crippen molar-refractivity contribution in [3.8, 4) is 0 Å². The van der Waals surface area contributed by atoms with Crippen LogP contribution in [0.5, 0.6) is 0 Å². The average Bonchev–Trinajstić information content (AvgIpc) is 2.25.